The zero-order chi connectivity index (χ0) is 10.7. The molecule has 2 heterocycles. The Hall–Kier alpha value is -0.840. The van der Waals surface area contributed by atoms with E-state index in [1.165, 1.54) is 4.21 Å². The van der Waals surface area contributed by atoms with Crippen LogP contribution in [0, 0.1) is 0 Å². The van der Waals surface area contributed by atoms with Crippen molar-refractivity contribution in [3.05, 3.63) is 41.4 Å². The number of rotatable bonds is 3. The van der Waals surface area contributed by atoms with Gasteiger partial charge in [-0.15, -0.1) is 11.3 Å². The van der Waals surface area contributed by atoms with Crippen molar-refractivity contribution in [1.29, 1.82) is 0 Å². The van der Waals surface area contributed by atoms with Gasteiger partial charge in [0.25, 0.3) is 0 Å². The summed E-state index contributed by atoms with van der Waals surface area (Å²) in [6.07, 6.45) is 1.28. The zero-order valence-electron chi connectivity index (χ0n) is 8.25. The highest BCUT2D eigenvalue weighted by Crippen LogP contribution is 2.30. The lowest BCUT2D eigenvalue weighted by molar-refractivity contribution is 0.198. The van der Waals surface area contributed by atoms with Crippen molar-refractivity contribution in [2.24, 2.45) is 0 Å². The highest BCUT2D eigenvalue weighted by Gasteiger charge is 2.03. The number of nitrogens with zero attached hydrogens (tertiary/aromatic N) is 1. The minimum atomic E-state index is -0.446. The van der Waals surface area contributed by atoms with Crippen LogP contribution in [0.2, 0.25) is 0 Å². The number of hydrogen-bond acceptors (Lipinski definition) is 4. The Balaban J connectivity index is 2.11. The molecular weight excluding hydrogens is 226 g/mol. The number of aliphatic hydroxyl groups excluding tert-OH is 1. The van der Waals surface area contributed by atoms with Crippen LogP contribution in [0.3, 0.4) is 0 Å². The van der Waals surface area contributed by atoms with E-state index in [2.05, 4.69) is 11.1 Å². The Kier molecular flexibility index (Phi) is 3.41. The third-order valence-corrected chi connectivity index (χ3v) is 3.93. The van der Waals surface area contributed by atoms with Gasteiger partial charge in [-0.1, -0.05) is 23.9 Å². The molecule has 0 radical (unpaired) electrons. The Morgan fingerprint density at radius 2 is 2.27 bits per heavy atom. The lowest BCUT2D eigenvalue weighted by atomic mass is 10.2. The molecule has 2 rings (SSSR count). The Morgan fingerprint density at radius 1 is 1.40 bits per heavy atom. The Bertz CT molecular complexity index is 409. The van der Waals surface area contributed by atoms with E-state index in [0.29, 0.717) is 0 Å². The quantitative estimate of drug-likeness (QED) is 0.888. The van der Waals surface area contributed by atoms with Crippen molar-refractivity contribution in [1.82, 2.24) is 4.98 Å². The van der Waals surface area contributed by atoms with Gasteiger partial charge in [-0.2, -0.15) is 0 Å². The first-order valence-electron chi connectivity index (χ1n) is 4.61. The van der Waals surface area contributed by atoms with Gasteiger partial charge < -0.3 is 5.11 Å². The molecule has 4 heteroatoms. The van der Waals surface area contributed by atoms with Crippen LogP contribution in [0.5, 0.6) is 0 Å². The van der Waals surface area contributed by atoms with Gasteiger partial charge in [-0.25, -0.2) is 4.98 Å². The van der Waals surface area contributed by atoms with Crippen molar-refractivity contribution in [3.63, 3.8) is 0 Å². The third kappa shape index (κ3) is 2.81. The topological polar surface area (TPSA) is 33.1 Å². The maximum absolute atomic E-state index is 9.33. The molecule has 15 heavy (non-hydrogen) atoms. The molecule has 0 bridgehead atoms. The first-order chi connectivity index (χ1) is 7.25. The molecular formula is C11H11NOS2. The smallest absolute Gasteiger partial charge is 0.101 e. The monoisotopic (exact) mass is 237 g/mol. The number of aromatic nitrogens is 1. The fraction of sp³-hybridized carbons (Fsp3) is 0.182. The molecule has 0 aliphatic carbocycles. The summed E-state index contributed by atoms with van der Waals surface area (Å²) < 4.78 is 1.23. The van der Waals surface area contributed by atoms with Crippen LogP contribution < -0.4 is 0 Å². The Morgan fingerprint density at radius 3 is 2.80 bits per heavy atom. The Labute approximate surface area is 97.0 Å². The van der Waals surface area contributed by atoms with Crippen LogP contribution in [-0.2, 0) is 0 Å². The summed E-state index contributed by atoms with van der Waals surface area (Å²) in [6, 6.07) is 7.94. The molecule has 0 saturated carbocycles. The highest BCUT2D eigenvalue weighted by molar-refractivity contribution is 8.01. The molecule has 0 fully saturated rings. The molecule has 1 N–H and O–H groups in total. The van der Waals surface area contributed by atoms with Crippen molar-refractivity contribution < 1.29 is 5.11 Å². The second-order valence-electron chi connectivity index (χ2n) is 3.14. The van der Waals surface area contributed by atoms with Crippen LogP contribution in [-0.4, -0.2) is 10.1 Å². The average Bonchev–Trinajstić information content (AvgIpc) is 2.71. The van der Waals surface area contributed by atoms with E-state index in [-0.39, 0.29) is 0 Å². The van der Waals surface area contributed by atoms with Gasteiger partial charge in [-0.05, 0) is 30.0 Å². The second kappa shape index (κ2) is 4.79. The van der Waals surface area contributed by atoms with Crippen LogP contribution >= 0.6 is 23.1 Å². The van der Waals surface area contributed by atoms with E-state index >= 15 is 0 Å². The van der Waals surface area contributed by atoms with Gasteiger partial charge in [0.1, 0.15) is 5.03 Å². The fourth-order valence-electron chi connectivity index (χ4n) is 1.12. The SMILES string of the molecule is C[C@@H](O)c1ccc(Sc2cccs2)nc1. The van der Waals surface area contributed by atoms with E-state index in [0.717, 1.165) is 10.6 Å². The maximum atomic E-state index is 9.33. The molecule has 0 aliphatic heterocycles. The zero-order valence-corrected chi connectivity index (χ0v) is 9.89. The molecule has 2 aromatic rings. The van der Waals surface area contributed by atoms with Gasteiger partial charge >= 0.3 is 0 Å². The summed E-state index contributed by atoms with van der Waals surface area (Å²) in [5.41, 5.74) is 0.852. The number of thiophene rings is 1. The van der Waals surface area contributed by atoms with E-state index < -0.39 is 6.10 Å². The molecule has 2 nitrogen and oxygen atoms in total. The lowest BCUT2D eigenvalue weighted by Gasteiger charge is -2.04. The second-order valence-corrected chi connectivity index (χ2v) is 5.41. The summed E-state index contributed by atoms with van der Waals surface area (Å²) in [5.74, 6) is 0. The van der Waals surface area contributed by atoms with Gasteiger partial charge in [0.2, 0.25) is 0 Å². The summed E-state index contributed by atoms with van der Waals surface area (Å²) in [6.45, 7) is 1.74. The first kappa shape index (κ1) is 10.7. The van der Waals surface area contributed by atoms with Crippen molar-refractivity contribution in [3.8, 4) is 0 Å². The molecule has 2 aromatic heterocycles. The minimum absolute atomic E-state index is 0.446. The highest BCUT2D eigenvalue weighted by atomic mass is 32.2. The summed E-state index contributed by atoms with van der Waals surface area (Å²) in [7, 11) is 0. The third-order valence-electron chi connectivity index (χ3n) is 1.94. The van der Waals surface area contributed by atoms with Crippen LogP contribution in [0.15, 0.2) is 45.1 Å². The van der Waals surface area contributed by atoms with Crippen LogP contribution in [0.1, 0.15) is 18.6 Å². The molecule has 1 atom stereocenters. The minimum Gasteiger partial charge on any atom is -0.389 e. The molecule has 0 saturated heterocycles. The first-order valence-corrected chi connectivity index (χ1v) is 6.30. The predicted molar refractivity (Wildman–Crippen MR) is 63.3 cm³/mol. The van der Waals surface area contributed by atoms with Gasteiger partial charge in [0.05, 0.1) is 10.3 Å². The van der Waals surface area contributed by atoms with Crippen molar-refractivity contribution >= 4 is 23.1 Å². The summed E-state index contributed by atoms with van der Waals surface area (Å²) >= 11 is 3.34. The average molecular weight is 237 g/mol. The molecule has 0 aromatic carbocycles. The number of aliphatic hydroxyl groups is 1. The van der Waals surface area contributed by atoms with Crippen molar-refractivity contribution in [2.75, 3.05) is 0 Å². The molecule has 0 spiro atoms. The molecule has 78 valence electrons. The maximum Gasteiger partial charge on any atom is 0.101 e. The number of hydrogen-bond donors (Lipinski definition) is 1. The molecule has 0 aliphatic rings. The van der Waals surface area contributed by atoms with E-state index in [1.807, 2.05) is 23.6 Å². The summed E-state index contributed by atoms with van der Waals surface area (Å²) in [4.78, 5) is 4.28. The standard InChI is InChI=1S/C11H11NOS2/c1-8(13)9-4-5-10(12-7-9)15-11-3-2-6-14-11/h2-8,13H,1H3/t8-/m1/s1. The summed E-state index contributed by atoms with van der Waals surface area (Å²) in [5, 5.41) is 12.3. The van der Waals surface area contributed by atoms with Gasteiger partial charge in [0, 0.05) is 6.20 Å². The van der Waals surface area contributed by atoms with Crippen LogP contribution in [0.25, 0.3) is 0 Å². The van der Waals surface area contributed by atoms with E-state index in [9.17, 15) is 5.11 Å². The number of pyridine rings is 1. The molecule has 0 unspecified atom stereocenters. The largest absolute Gasteiger partial charge is 0.389 e. The fourth-order valence-corrected chi connectivity index (χ4v) is 2.78. The molecule has 0 amide bonds. The van der Waals surface area contributed by atoms with E-state index in [4.69, 9.17) is 0 Å². The van der Waals surface area contributed by atoms with E-state index in [1.54, 1.807) is 36.2 Å². The predicted octanol–water partition coefficient (Wildman–Crippen LogP) is 3.35. The lowest BCUT2D eigenvalue weighted by Crippen LogP contribution is -1.91. The van der Waals surface area contributed by atoms with Gasteiger partial charge in [-0.3, -0.25) is 0 Å². The van der Waals surface area contributed by atoms with Crippen LogP contribution in [0.4, 0.5) is 0 Å². The van der Waals surface area contributed by atoms with Crippen molar-refractivity contribution in [2.45, 2.75) is 22.3 Å². The van der Waals surface area contributed by atoms with Gasteiger partial charge in [0.15, 0.2) is 0 Å². The normalized spacial score (nSPS) is 12.7.